The van der Waals surface area contributed by atoms with E-state index in [1.807, 2.05) is 0 Å². The Morgan fingerprint density at radius 2 is 1.80 bits per heavy atom. The Bertz CT molecular complexity index is 751. The van der Waals surface area contributed by atoms with Crippen molar-refractivity contribution in [3.8, 4) is 23.7 Å². The molecule has 0 fully saturated rings. The Hall–Kier alpha value is -2.01. The zero-order chi connectivity index (χ0) is 18.5. The molecule has 0 saturated carbocycles. The molecule has 0 radical (unpaired) electrons. The van der Waals surface area contributed by atoms with E-state index in [2.05, 4.69) is 28.7 Å². The first-order chi connectivity index (χ1) is 12.1. The lowest BCUT2D eigenvalue weighted by atomic mass is 10.0. The highest BCUT2D eigenvalue weighted by Crippen LogP contribution is 2.29. The van der Waals surface area contributed by atoms with Gasteiger partial charge >= 0.3 is 0 Å². The molecule has 2 aromatic rings. The van der Waals surface area contributed by atoms with Crippen molar-refractivity contribution in [3.05, 3.63) is 63.9 Å². The number of ether oxygens (including phenoxy) is 1. The standard InChI is InChI=1S/C12H9Cl2NO.C8H10O/c13-9-3-4-10(11(14)6-9)12(16)8-2-1-5-15-7-8;1-3-5-7-9-8-6-4-2/h1-7,12,16H;7-8H2,1-2H3. The van der Waals surface area contributed by atoms with Crippen LogP contribution in [0.2, 0.25) is 10.0 Å². The number of aromatic nitrogens is 1. The van der Waals surface area contributed by atoms with Crippen LogP contribution in [-0.4, -0.2) is 23.3 Å². The molecule has 1 heterocycles. The topological polar surface area (TPSA) is 42.4 Å². The van der Waals surface area contributed by atoms with Gasteiger partial charge in [0.05, 0.1) is 0 Å². The van der Waals surface area contributed by atoms with Crippen molar-refractivity contribution >= 4 is 23.2 Å². The van der Waals surface area contributed by atoms with Gasteiger partial charge in [-0.2, -0.15) is 0 Å². The van der Waals surface area contributed by atoms with Crippen molar-refractivity contribution in [1.82, 2.24) is 4.98 Å². The van der Waals surface area contributed by atoms with Gasteiger partial charge in [0, 0.05) is 33.6 Å². The Morgan fingerprint density at radius 1 is 1.12 bits per heavy atom. The zero-order valence-corrected chi connectivity index (χ0v) is 15.6. The highest BCUT2D eigenvalue weighted by molar-refractivity contribution is 6.35. The van der Waals surface area contributed by atoms with Crippen LogP contribution in [0.3, 0.4) is 0 Å². The van der Waals surface area contributed by atoms with Crippen LogP contribution in [0, 0.1) is 23.7 Å². The van der Waals surface area contributed by atoms with Crippen molar-refractivity contribution < 1.29 is 9.84 Å². The number of rotatable bonds is 4. The van der Waals surface area contributed by atoms with Crippen LogP contribution < -0.4 is 0 Å². The van der Waals surface area contributed by atoms with Crippen molar-refractivity contribution in [2.24, 2.45) is 0 Å². The van der Waals surface area contributed by atoms with E-state index in [4.69, 9.17) is 27.9 Å². The Balaban J connectivity index is 0.000000299. The molecule has 1 atom stereocenters. The average Bonchev–Trinajstić information content (AvgIpc) is 2.62. The third-order valence-electron chi connectivity index (χ3n) is 2.96. The van der Waals surface area contributed by atoms with Crippen molar-refractivity contribution in [1.29, 1.82) is 0 Å². The zero-order valence-electron chi connectivity index (χ0n) is 14.1. The lowest BCUT2D eigenvalue weighted by molar-refractivity contribution is 0.204. The number of aliphatic hydroxyl groups is 1. The fourth-order valence-electron chi connectivity index (χ4n) is 1.74. The summed E-state index contributed by atoms with van der Waals surface area (Å²) in [5.41, 5.74) is 1.32. The molecule has 0 aliphatic rings. The first-order valence-electron chi connectivity index (χ1n) is 7.50. The maximum absolute atomic E-state index is 10.1. The highest BCUT2D eigenvalue weighted by atomic mass is 35.5. The summed E-state index contributed by atoms with van der Waals surface area (Å²) >= 11 is 11.8. The smallest absolute Gasteiger partial charge is 0.109 e. The monoisotopic (exact) mass is 375 g/mol. The molecule has 0 aliphatic carbocycles. The van der Waals surface area contributed by atoms with Gasteiger partial charge in [-0.3, -0.25) is 4.98 Å². The quantitative estimate of drug-likeness (QED) is 0.630. The van der Waals surface area contributed by atoms with E-state index in [0.717, 1.165) is 0 Å². The number of nitrogens with zero attached hydrogens (tertiary/aromatic N) is 1. The van der Waals surface area contributed by atoms with Crippen LogP contribution in [0.4, 0.5) is 0 Å². The Labute approximate surface area is 159 Å². The van der Waals surface area contributed by atoms with Gasteiger partial charge in [0.1, 0.15) is 19.3 Å². The number of aliphatic hydroxyl groups excluding tert-OH is 1. The molecule has 3 nitrogen and oxygen atoms in total. The normalized spacial score (nSPS) is 10.3. The molecule has 1 aromatic heterocycles. The van der Waals surface area contributed by atoms with Gasteiger partial charge < -0.3 is 9.84 Å². The van der Waals surface area contributed by atoms with E-state index in [9.17, 15) is 5.11 Å². The van der Waals surface area contributed by atoms with Gasteiger partial charge in [0.25, 0.3) is 0 Å². The van der Waals surface area contributed by atoms with Crippen LogP contribution in [0.1, 0.15) is 31.1 Å². The summed E-state index contributed by atoms with van der Waals surface area (Å²) in [7, 11) is 0. The molecular formula is C20H19Cl2NO2. The van der Waals surface area contributed by atoms with Crippen LogP contribution in [0.25, 0.3) is 0 Å². The van der Waals surface area contributed by atoms with Gasteiger partial charge in [-0.05, 0) is 32.0 Å². The molecule has 1 N–H and O–H groups in total. The molecule has 1 aromatic carbocycles. The number of halogens is 2. The minimum Gasteiger partial charge on any atom is -0.384 e. The van der Waals surface area contributed by atoms with E-state index in [0.29, 0.717) is 34.4 Å². The Kier molecular flexibility index (Phi) is 10.4. The summed E-state index contributed by atoms with van der Waals surface area (Å²) in [6.07, 6.45) is 2.48. The summed E-state index contributed by atoms with van der Waals surface area (Å²) in [5, 5.41) is 11.1. The third kappa shape index (κ3) is 8.07. The summed E-state index contributed by atoms with van der Waals surface area (Å²) in [5.74, 6) is 11.0. The number of pyridine rings is 1. The fourth-order valence-corrected chi connectivity index (χ4v) is 2.25. The number of benzene rings is 1. The van der Waals surface area contributed by atoms with Crippen LogP contribution >= 0.6 is 23.2 Å². The molecule has 2 rings (SSSR count). The Morgan fingerprint density at radius 3 is 2.32 bits per heavy atom. The van der Waals surface area contributed by atoms with E-state index in [1.165, 1.54) is 0 Å². The number of hydrogen-bond donors (Lipinski definition) is 1. The minimum absolute atomic E-state index is 0.448. The molecule has 0 spiro atoms. The van der Waals surface area contributed by atoms with Gasteiger partial charge in [0.2, 0.25) is 0 Å². The first kappa shape index (κ1) is 21.0. The predicted molar refractivity (Wildman–Crippen MR) is 102 cm³/mol. The van der Waals surface area contributed by atoms with Crippen molar-refractivity contribution in [3.63, 3.8) is 0 Å². The van der Waals surface area contributed by atoms with Crippen molar-refractivity contribution in [2.45, 2.75) is 20.0 Å². The van der Waals surface area contributed by atoms with E-state index >= 15 is 0 Å². The third-order valence-corrected chi connectivity index (χ3v) is 3.52. The molecule has 25 heavy (non-hydrogen) atoms. The maximum Gasteiger partial charge on any atom is 0.109 e. The summed E-state index contributed by atoms with van der Waals surface area (Å²) < 4.78 is 4.97. The minimum atomic E-state index is -0.779. The lowest BCUT2D eigenvalue weighted by Gasteiger charge is -2.12. The van der Waals surface area contributed by atoms with Gasteiger partial charge in [-0.25, -0.2) is 0 Å². The summed E-state index contributed by atoms with van der Waals surface area (Å²) in [6, 6.07) is 8.58. The maximum atomic E-state index is 10.1. The molecule has 0 amide bonds. The molecule has 0 aliphatic heterocycles. The SMILES string of the molecule is CC#CCOCC#CC.OC(c1cccnc1)c1ccc(Cl)cc1Cl. The van der Waals surface area contributed by atoms with Crippen LogP contribution in [0.5, 0.6) is 0 Å². The van der Waals surface area contributed by atoms with E-state index < -0.39 is 6.10 Å². The van der Waals surface area contributed by atoms with E-state index in [1.54, 1.807) is 56.6 Å². The molecule has 0 saturated heterocycles. The highest BCUT2D eigenvalue weighted by Gasteiger charge is 2.13. The molecule has 130 valence electrons. The molecular weight excluding hydrogens is 357 g/mol. The second-order valence-corrected chi connectivity index (χ2v) is 5.54. The lowest BCUT2D eigenvalue weighted by Crippen LogP contribution is -2.00. The average molecular weight is 376 g/mol. The molecule has 0 bridgehead atoms. The van der Waals surface area contributed by atoms with Crippen molar-refractivity contribution in [2.75, 3.05) is 13.2 Å². The van der Waals surface area contributed by atoms with Crippen LogP contribution in [0.15, 0.2) is 42.7 Å². The molecule has 5 heteroatoms. The second kappa shape index (κ2) is 12.4. The van der Waals surface area contributed by atoms with E-state index in [-0.39, 0.29) is 0 Å². The number of hydrogen-bond acceptors (Lipinski definition) is 3. The first-order valence-corrected chi connectivity index (χ1v) is 8.25. The predicted octanol–water partition coefficient (Wildman–Crippen LogP) is 4.52. The molecule has 1 unspecified atom stereocenters. The largest absolute Gasteiger partial charge is 0.384 e. The fraction of sp³-hybridized carbons (Fsp3) is 0.250. The summed E-state index contributed by atoms with van der Waals surface area (Å²) in [6.45, 7) is 4.56. The summed E-state index contributed by atoms with van der Waals surface area (Å²) in [4.78, 5) is 3.95. The second-order valence-electron chi connectivity index (χ2n) is 4.70. The van der Waals surface area contributed by atoms with Crippen LogP contribution in [-0.2, 0) is 4.74 Å². The van der Waals surface area contributed by atoms with Gasteiger partial charge in [-0.1, -0.05) is 47.2 Å². The van der Waals surface area contributed by atoms with Gasteiger partial charge in [0.15, 0.2) is 0 Å². The van der Waals surface area contributed by atoms with Gasteiger partial charge in [-0.15, -0.1) is 11.8 Å².